The summed E-state index contributed by atoms with van der Waals surface area (Å²) in [5.41, 5.74) is 6.23. The van der Waals surface area contributed by atoms with Crippen LogP contribution in [-0.4, -0.2) is 18.8 Å². The first kappa shape index (κ1) is 13.9. The van der Waals surface area contributed by atoms with E-state index in [2.05, 4.69) is 20.8 Å². The molecule has 2 atom stereocenters. The van der Waals surface area contributed by atoms with Crippen LogP contribution in [0.4, 0.5) is 0 Å². The molecule has 0 aromatic carbocycles. The molecule has 0 aromatic rings. The van der Waals surface area contributed by atoms with Crippen molar-refractivity contribution in [2.75, 3.05) is 6.61 Å². The molecule has 2 N–H and O–H groups in total. The fourth-order valence-electron chi connectivity index (χ4n) is 2.02. The van der Waals surface area contributed by atoms with Gasteiger partial charge in [-0.1, -0.05) is 40.0 Å². The molecule has 0 rings (SSSR count). The van der Waals surface area contributed by atoms with Crippen LogP contribution in [0.1, 0.15) is 53.4 Å². The standard InChI is InChI=1S/C12H27NO/c1-5-9-11(14-8-4)12(13)10(6-2)7-3/h10-12H,5-9,13H2,1-4H3. The summed E-state index contributed by atoms with van der Waals surface area (Å²) >= 11 is 0. The van der Waals surface area contributed by atoms with Gasteiger partial charge in [0.15, 0.2) is 0 Å². The number of nitrogens with two attached hydrogens (primary N) is 1. The Kier molecular flexibility index (Phi) is 8.20. The first-order chi connectivity index (χ1) is 6.71. The van der Waals surface area contributed by atoms with Crippen LogP contribution in [0.5, 0.6) is 0 Å². The Balaban J connectivity index is 4.16. The molecule has 0 bridgehead atoms. The predicted octanol–water partition coefficient (Wildman–Crippen LogP) is 2.96. The van der Waals surface area contributed by atoms with Crippen LogP contribution in [0.25, 0.3) is 0 Å². The second kappa shape index (κ2) is 8.25. The molecule has 2 heteroatoms. The van der Waals surface area contributed by atoms with E-state index >= 15 is 0 Å². The summed E-state index contributed by atoms with van der Waals surface area (Å²) in [4.78, 5) is 0. The Morgan fingerprint density at radius 3 is 2.00 bits per heavy atom. The molecule has 2 unspecified atom stereocenters. The molecule has 0 spiro atoms. The van der Waals surface area contributed by atoms with Crippen LogP contribution in [0.15, 0.2) is 0 Å². The van der Waals surface area contributed by atoms with E-state index in [9.17, 15) is 0 Å². The molecular formula is C12H27NO. The quantitative estimate of drug-likeness (QED) is 0.655. The molecule has 86 valence electrons. The van der Waals surface area contributed by atoms with Crippen molar-refractivity contribution < 1.29 is 4.74 Å². The minimum Gasteiger partial charge on any atom is -0.377 e. The zero-order valence-corrected chi connectivity index (χ0v) is 10.3. The molecule has 0 amide bonds. The maximum atomic E-state index is 6.23. The lowest BCUT2D eigenvalue weighted by Gasteiger charge is -2.29. The second-order valence-electron chi connectivity index (χ2n) is 3.94. The molecular weight excluding hydrogens is 174 g/mol. The van der Waals surface area contributed by atoms with Gasteiger partial charge in [-0.15, -0.1) is 0 Å². The van der Waals surface area contributed by atoms with Crippen molar-refractivity contribution in [3.63, 3.8) is 0 Å². The summed E-state index contributed by atoms with van der Waals surface area (Å²) in [7, 11) is 0. The van der Waals surface area contributed by atoms with Crippen molar-refractivity contribution in [2.24, 2.45) is 11.7 Å². The van der Waals surface area contributed by atoms with Gasteiger partial charge in [0.1, 0.15) is 0 Å². The zero-order chi connectivity index (χ0) is 11.0. The van der Waals surface area contributed by atoms with Crippen LogP contribution < -0.4 is 5.73 Å². The van der Waals surface area contributed by atoms with E-state index in [1.54, 1.807) is 0 Å². The maximum absolute atomic E-state index is 6.23. The number of hydrogen-bond acceptors (Lipinski definition) is 2. The third-order valence-electron chi connectivity index (χ3n) is 2.98. The van der Waals surface area contributed by atoms with E-state index in [1.165, 1.54) is 0 Å². The summed E-state index contributed by atoms with van der Waals surface area (Å²) in [5.74, 6) is 0.609. The molecule has 0 aromatic heterocycles. The smallest absolute Gasteiger partial charge is 0.0728 e. The molecule has 0 radical (unpaired) electrons. The fraction of sp³-hybridized carbons (Fsp3) is 1.00. The fourth-order valence-corrected chi connectivity index (χ4v) is 2.02. The molecule has 0 saturated carbocycles. The molecule has 0 fully saturated rings. The van der Waals surface area contributed by atoms with E-state index in [0.29, 0.717) is 5.92 Å². The average Bonchev–Trinajstić information content (AvgIpc) is 2.19. The van der Waals surface area contributed by atoms with Crippen LogP contribution in [-0.2, 0) is 4.74 Å². The normalized spacial score (nSPS) is 15.9. The predicted molar refractivity (Wildman–Crippen MR) is 62.4 cm³/mol. The largest absolute Gasteiger partial charge is 0.377 e. The molecule has 0 aliphatic rings. The molecule has 2 nitrogen and oxygen atoms in total. The Morgan fingerprint density at radius 1 is 1.07 bits per heavy atom. The second-order valence-corrected chi connectivity index (χ2v) is 3.94. The van der Waals surface area contributed by atoms with Gasteiger partial charge in [0.05, 0.1) is 6.10 Å². The highest BCUT2D eigenvalue weighted by Gasteiger charge is 2.23. The molecule has 0 heterocycles. The Morgan fingerprint density at radius 2 is 1.64 bits per heavy atom. The third kappa shape index (κ3) is 4.43. The van der Waals surface area contributed by atoms with Gasteiger partial charge in [-0.2, -0.15) is 0 Å². The number of rotatable bonds is 8. The van der Waals surface area contributed by atoms with Gasteiger partial charge in [-0.3, -0.25) is 0 Å². The SMILES string of the molecule is CCCC(OCC)C(N)C(CC)CC. The van der Waals surface area contributed by atoms with Gasteiger partial charge in [0.2, 0.25) is 0 Å². The summed E-state index contributed by atoms with van der Waals surface area (Å²) in [6, 6.07) is 0.213. The van der Waals surface area contributed by atoms with Crippen LogP contribution >= 0.6 is 0 Å². The van der Waals surface area contributed by atoms with Crippen LogP contribution in [0, 0.1) is 5.92 Å². The van der Waals surface area contributed by atoms with Gasteiger partial charge in [-0.05, 0) is 19.3 Å². The first-order valence-electron chi connectivity index (χ1n) is 6.08. The minimum absolute atomic E-state index is 0.213. The topological polar surface area (TPSA) is 35.2 Å². The molecule has 0 aliphatic heterocycles. The summed E-state index contributed by atoms with van der Waals surface area (Å²) in [5, 5.41) is 0. The Hall–Kier alpha value is -0.0800. The summed E-state index contributed by atoms with van der Waals surface area (Å²) in [6.07, 6.45) is 4.81. The van der Waals surface area contributed by atoms with Gasteiger partial charge in [0, 0.05) is 12.6 Å². The van der Waals surface area contributed by atoms with Crippen molar-refractivity contribution in [1.82, 2.24) is 0 Å². The number of hydrogen-bond donors (Lipinski definition) is 1. The van der Waals surface area contributed by atoms with Gasteiger partial charge in [-0.25, -0.2) is 0 Å². The van der Waals surface area contributed by atoms with Crippen molar-refractivity contribution in [3.05, 3.63) is 0 Å². The van der Waals surface area contributed by atoms with Gasteiger partial charge < -0.3 is 10.5 Å². The van der Waals surface area contributed by atoms with E-state index in [4.69, 9.17) is 10.5 Å². The molecule has 0 aliphatic carbocycles. The average molecular weight is 201 g/mol. The van der Waals surface area contributed by atoms with Crippen molar-refractivity contribution in [2.45, 2.75) is 65.5 Å². The lowest BCUT2D eigenvalue weighted by atomic mass is 9.89. The molecule has 0 saturated heterocycles. The minimum atomic E-state index is 0.213. The lowest BCUT2D eigenvalue weighted by molar-refractivity contribution is 0.0218. The summed E-state index contributed by atoms with van der Waals surface area (Å²) in [6.45, 7) is 9.43. The van der Waals surface area contributed by atoms with Crippen molar-refractivity contribution in [3.8, 4) is 0 Å². The van der Waals surface area contributed by atoms with Crippen molar-refractivity contribution in [1.29, 1.82) is 0 Å². The highest BCUT2D eigenvalue weighted by Crippen LogP contribution is 2.18. The third-order valence-corrected chi connectivity index (χ3v) is 2.98. The van der Waals surface area contributed by atoms with Gasteiger partial charge >= 0.3 is 0 Å². The van der Waals surface area contributed by atoms with E-state index < -0.39 is 0 Å². The van der Waals surface area contributed by atoms with E-state index in [0.717, 1.165) is 32.3 Å². The van der Waals surface area contributed by atoms with E-state index in [1.807, 2.05) is 6.92 Å². The highest BCUT2D eigenvalue weighted by molar-refractivity contribution is 4.79. The molecule has 14 heavy (non-hydrogen) atoms. The first-order valence-corrected chi connectivity index (χ1v) is 6.08. The monoisotopic (exact) mass is 201 g/mol. The lowest BCUT2D eigenvalue weighted by Crippen LogP contribution is -2.42. The number of ether oxygens (including phenoxy) is 1. The maximum Gasteiger partial charge on any atom is 0.0728 e. The zero-order valence-electron chi connectivity index (χ0n) is 10.3. The Labute approximate surface area is 89.2 Å². The summed E-state index contributed by atoms with van der Waals surface area (Å²) < 4.78 is 5.70. The van der Waals surface area contributed by atoms with Crippen molar-refractivity contribution >= 4 is 0 Å². The van der Waals surface area contributed by atoms with Crippen LogP contribution in [0.3, 0.4) is 0 Å². The Bertz CT molecular complexity index is 117. The van der Waals surface area contributed by atoms with E-state index in [-0.39, 0.29) is 12.1 Å². The highest BCUT2D eigenvalue weighted by atomic mass is 16.5. The van der Waals surface area contributed by atoms with Crippen LogP contribution in [0.2, 0.25) is 0 Å². The van der Waals surface area contributed by atoms with Gasteiger partial charge in [0.25, 0.3) is 0 Å².